The van der Waals surface area contributed by atoms with Crippen LogP contribution in [0.15, 0.2) is 78.9 Å². The summed E-state index contributed by atoms with van der Waals surface area (Å²) in [5.74, 6) is -14.1. The summed E-state index contributed by atoms with van der Waals surface area (Å²) < 4.78 is 39.3. The molecule has 5 aromatic carbocycles. The Morgan fingerprint density at radius 2 is 1.32 bits per heavy atom. The number of nitrogens with two attached hydrogens (primary N) is 1. The molecule has 0 radical (unpaired) electrons. The van der Waals surface area contributed by atoms with Gasteiger partial charge < -0.3 is 123 Å². The lowest BCUT2D eigenvalue weighted by Crippen LogP contribution is -2.64. The fraction of sp³-hybridized carbons (Fsp3) is 0.547. The largest absolute Gasteiger partial charge is 0.508 e. The predicted molar refractivity (Wildman–Crippen MR) is 432 cm³/mol. The number of nitrogens with one attached hydrogen (secondary N) is 9. The number of carbonyl (C=O) groups excluding carboxylic acids is 9. The lowest BCUT2D eigenvalue weighted by Gasteiger charge is -2.54. The first-order valence-electron chi connectivity index (χ1n) is 41.4. The molecule has 7 heterocycles. The number of imide groups is 1. The van der Waals surface area contributed by atoms with Crippen molar-refractivity contribution < 1.29 is 118 Å². The first-order valence-corrected chi connectivity index (χ1v) is 41.8. The zero-order chi connectivity index (χ0) is 87.1. The number of hydrogen-bond donors (Lipinski definition) is 19. The molecule has 15 bridgehead atoms. The fourth-order valence-electron chi connectivity index (χ4n) is 18.4. The van der Waals surface area contributed by atoms with E-state index in [9.17, 15) is 60.3 Å². The number of hydrogen-bond acceptors (Lipinski definition) is 26. The van der Waals surface area contributed by atoms with E-state index in [2.05, 4.69) is 47.9 Å². The summed E-state index contributed by atoms with van der Waals surface area (Å²) in [5.41, 5.74) is 3.44. The molecule has 2 saturated heterocycles. The number of amides is 9. The van der Waals surface area contributed by atoms with Crippen molar-refractivity contribution in [3.63, 3.8) is 0 Å². The number of ether oxygens (including phenoxy) is 6. The number of aromatic hydroxyl groups is 3. The Morgan fingerprint density at radius 1 is 0.678 bits per heavy atom. The molecule has 7 aliphatic heterocycles. The number of aliphatic hydroxyl groups is 6. The number of aliphatic hydroxyl groups excluding tert-OH is 6. The van der Waals surface area contributed by atoms with E-state index in [0.29, 0.717) is 24.7 Å². The number of likely N-dealkylation sites (N-methyl/N-ethyl adjacent to an activating group) is 1. The molecule has 19 atom stereocenters. The monoisotopic (exact) mass is 1700 g/mol. The maximum atomic E-state index is 16.6. The maximum Gasteiger partial charge on any atom is 0.248 e. The third-order valence-corrected chi connectivity index (χ3v) is 25.0. The number of halogens is 1. The molecule has 20 N–H and O–H groups in total. The van der Waals surface area contributed by atoms with Gasteiger partial charge in [0.05, 0.1) is 36.3 Å². The molecule has 4 aliphatic carbocycles. The van der Waals surface area contributed by atoms with E-state index in [1.54, 1.807) is 6.92 Å². The summed E-state index contributed by atoms with van der Waals surface area (Å²) in [5, 5.41) is 131. The minimum absolute atomic E-state index is 0.0386. The van der Waals surface area contributed by atoms with Crippen molar-refractivity contribution in [1.29, 1.82) is 0 Å². The Labute approximate surface area is 703 Å². The van der Waals surface area contributed by atoms with Crippen LogP contribution < -0.4 is 67.8 Å². The molecule has 6 fully saturated rings. The van der Waals surface area contributed by atoms with Crippen LogP contribution in [0.2, 0.25) is 5.02 Å². The number of rotatable bonds is 20. The lowest BCUT2D eigenvalue weighted by atomic mass is 9.54. The third-order valence-electron chi connectivity index (χ3n) is 24.8. The number of phenols is 3. The number of benzene rings is 5. The van der Waals surface area contributed by atoms with Crippen LogP contribution in [-0.2, 0) is 57.4 Å². The summed E-state index contributed by atoms with van der Waals surface area (Å²) in [6.07, 6.45) is -10.4. The Bertz CT molecular complexity index is 4740. The standard InChI is InChI=1S/C86H109ClN10O24/c1-9-10-11-12-13-37(4)77(108)91-61(102)33-53-79(110)93-66-47-29-58(117-56-18-15-43(21-38(56)5)70(103)68(83(114)90-53)96-78(109)52(89-8)20-36(2)3)74(121-85-75(73(106)72(105)60(35-98)119-85)120-62-34-86(7,88)76(107)39(6)116-62)59(30-47)118-57-19-16-44(28-51(57)87)71(104)69-84(115)95-67(82(113)92-64-45-23-40-22-41(25-45)26-46(64)24-40)50-31-48(99)32-55(101)63(50)49-27-42(14-17-54(49)100)65(80(111)97-69)94-81(66)112/h14-19,21,27-32,36-37,39-41,45-46,52-53,60,62,64-73,75-76,85,89,98-101,103-107H,9-13,20,22-26,33-35,88H2,1-8H3,(H,90,114)(H,92,113)(H,93,110)(H,94,112)(H,95,115)(H,96,109)(H,97,111)(H,91,102,108)/t37?,39-,40?,41?,45?,46?,52+,53-,60+,62-,64?,65+,66+,67-,68+,69-,70+,71+,72+,73-,75+,76+,85-,86-/m0/s1. The maximum absolute atomic E-state index is 16.6. The molecule has 16 rings (SSSR count). The Kier molecular flexibility index (Phi) is 27.3. The van der Waals surface area contributed by atoms with Gasteiger partial charge in [-0.1, -0.05) is 83.2 Å². The fourth-order valence-corrected chi connectivity index (χ4v) is 18.6. The van der Waals surface area contributed by atoms with Gasteiger partial charge in [0.1, 0.15) is 95.5 Å². The minimum atomic E-state index is -2.35. The first-order chi connectivity index (χ1) is 57.5. The van der Waals surface area contributed by atoms with Crippen LogP contribution in [0.5, 0.6) is 46.0 Å². The second-order valence-corrected chi connectivity index (χ2v) is 34.8. The van der Waals surface area contributed by atoms with Gasteiger partial charge in [-0.15, -0.1) is 0 Å². The van der Waals surface area contributed by atoms with Gasteiger partial charge in [0.25, 0.3) is 0 Å². The average Bonchev–Trinajstić information content (AvgIpc) is 0.753. The van der Waals surface area contributed by atoms with E-state index >= 15 is 28.8 Å². The minimum Gasteiger partial charge on any atom is -0.508 e. The van der Waals surface area contributed by atoms with Crippen LogP contribution in [-0.4, -0.2) is 198 Å². The molecule has 654 valence electrons. The predicted octanol–water partition coefficient (Wildman–Crippen LogP) is 4.38. The summed E-state index contributed by atoms with van der Waals surface area (Å²) in [4.78, 5) is 139. The second kappa shape index (κ2) is 37.1. The number of fused-ring (bicyclic) bond motifs is 15. The highest BCUT2D eigenvalue weighted by atomic mass is 35.5. The van der Waals surface area contributed by atoms with Gasteiger partial charge in [-0.3, -0.25) is 48.5 Å². The lowest BCUT2D eigenvalue weighted by molar-refractivity contribution is -0.333. The van der Waals surface area contributed by atoms with Crippen molar-refractivity contribution in [3.05, 3.63) is 117 Å². The SMILES string of the molecule is CCCCCCC(C)C(=O)NC(=O)C[C@@H]1NC(=O)[C@H](NC(=O)[C@@H](CC(C)C)NC)[C@H](O)c2ccc(c(C)c2)Oc2cc3cc(c2O[C@@H]2O[C@H](CO)[C@@H](O)[C@H](O)[C@H]2O[C@H]2C[C@](C)(N)[C@H](O)[C@H](C)O2)Oc2ccc(cc2Cl)[C@@H](O)[C@@H]2NC(=O)[C@H](NC(=O)[C@@H]3NC1=O)c1ccc(O)c(c1)-c1c(O)cc(O)cc1[C@@H](C(=O)NC1C3CC4CC(C3)CC1C4)NC2=O. The summed E-state index contributed by atoms with van der Waals surface area (Å²) in [6, 6.07) is 1.04. The third kappa shape index (κ3) is 19.3. The van der Waals surface area contributed by atoms with Crippen molar-refractivity contribution in [2.75, 3.05) is 13.7 Å². The van der Waals surface area contributed by atoms with Gasteiger partial charge in [-0.05, 0) is 190 Å². The van der Waals surface area contributed by atoms with Crippen LogP contribution in [0, 0.1) is 42.4 Å². The molecular weight excluding hydrogens is 1590 g/mol. The second-order valence-electron chi connectivity index (χ2n) is 34.4. The number of aryl methyl sites for hydroxylation is 1. The van der Waals surface area contributed by atoms with Gasteiger partial charge in [-0.25, -0.2) is 0 Å². The number of phenolic OH excluding ortho intramolecular Hbond substituents is 3. The highest BCUT2D eigenvalue weighted by Crippen LogP contribution is 2.55. The first kappa shape index (κ1) is 89.0. The Morgan fingerprint density at radius 3 is 1.97 bits per heavy atom. The molecule has 35 heteroatoms. The van der Waals surface area contributed by atoms with Crippen LogP contribution >= 0.6 is 11.6 Å². The van der Waals surface area contributed by atoms with E-state index in [4.69, 9.17) is 45.8 Å². The van der Waals surface area contributed by atoms with Crippen molar-refractivity contribution in [2.45, 2.75) is 247 Å². The topological polar surface area (TPSA) is 525 Å². The highest BCUT2D eigenvalue weighted by Gasteiger charge is 2.53. The molecule has 0 aromatic heterocycles. The molecule has 121 heavy (non-hydrogen) atoms. The molecule has 34 nitrogen and oxygen atoms in total. The van der Waals surface area contributed by atoms with E-state index in [-0.39, 0.29) is 92.1 Å². The summed E-state index contributed by atoms with van der Waals surface area (Å²) >= 11 is 7.30. The van der Waals surface area contributed by atoms with E-state index in [1.165, 1.54) is 64.2 Å². The Balaban J connectivity index is 1.02. The molecule has 1 unspecified atom stereocenters. The van der Waals surface area contributed by atoms with Crippen LogP contribution in [0.3, 0.4) is 0 Å². The van der Waals surface area contributed by atoms with Crippen molar-refractivity contribution in [1.82, 2.24) is 47.9 Å². The smallest absolute Gasteiger partial charge is 0.248 e. The summed E-state index contributed by atoms with van der Waals surface area (Å²) in [7, 11) is 1.50. The molecule has 0 spiro atoms. The highest BCUT2D eigenvalue weighted by molar-refractivity contribution is 6.32. The average molecular weight is 1700 g/mol. The van der Waals surface area contributed by atoms with Crippen molar-refractivity contribution in [2.24, 2.45) is 41.2 Å². The van der Waals surface area contributed by atoms with E-state index in [1.807, 2.05) is 20.8 Å². The molecule has 9 amide bonds. The quantitative estimate of drug-likeness (QED) is 0.0481. The van der Waals surface area contributed by atoms with Gasteiger partial charge in [0.2, 0.25) is 65.2 Å². The van der Waals surface area contributed by atoms with Gasteiger partial charge in [0, 0.05) is 41.1 Å². The van der Waals surface area contributed by atoms with Crippen LogP contribution in [0.1, 0.15) is 189 Å². The number of carbonyl (C=O) groups is 9. The Hall–Kier alpha value is -9.82. The van der Waals surface area contributed by atoms with Crippen LogP contribution in [0.4, 0.5) is 0 Å². The van der Waals surface area contributed by atoms with E-state index < -0.39 is 221 Å². The van der Waals surface area contributed by atoms with Crippen molar-refractivity contribution >= 4 is 64.8 Å². The zero-order valence-electron chi connectivity index (χ0n) is 68.4. The molecule has 11 aliphatic rings. The van der Waals surface area contributed by atoms with Crippen molar-refractivity contribution in [3.8, 4) is 57.1 Å². The van der Waals surface area contributed by atoms with Gasteiger partial charge in [0.15, 0.2) is 23.9 Å². The van der Waals surface area contributed by atoms with Gasteiger partial charge >= 0.3 is 0 Å². The zero-order valence-corrected chi connectivity index (χ0v) is 69.1. The van der Waals surface area contributed by atoms with Crippen LogP contribution in [0.25, 0.3) is 11.1 Å². The van der Waals surface area contributed by atoms with Gasteiger partial charge in [-0.2, -0.15) is 0 Å². The summed E-state index contributed by atoms with van der Waals surface area (Å²) in [6.45, 7) is 10.9. The molecule has 5 aromatic rings. The number of unbranched alkanes of at least 4 members (excludes halogenated alkanes) is 3. The normalized spacial score (nSPS) is 31.3. The molecular formula is C86H109ClN10O24. The van der Waals surface area contributed by atoms with E-state index in [0.717, 1.165) is 93.8 Å². The molecule has 4 saturated carbocycles.